The lowest BCUT2D eigenvalue weighted by atomic mass is 10.0. The number of benzene rings is 1. The van der Waals surface area contributed by atoms with Gasteiger partial charge in [0.15, 0.2) is 0 Å². The Kier molecular flexibility index (Phi) is 5.68. The van der Waals surface area contributed by atoms with E-state index in [4.69, 9.17) is 0 Å². The summed E-state index contributed by atoms with van der Waals surface area (Å²) in [6.45, 7) is 6.80. The average molecular weight is 338 g/mol. The fraction of sp³-hybridized carbons (Fsp3) is 0.588. The molecular weight excluding hydrogens is 312 g/mol. The monoisotopic (exact) mass is 338 g/mol. The molecule has 23 heavy (non-hydrogen) atoms. The van der Waals surface area contributed by atoms with Crippen molar-refractivity contribution in [2.24, 2.45) is 5.92 Å². The van der Waals surface area contributed by atoms with Crippen molar-refractivity contribution in [3.8, 4) is 0 Å². The van der Waals surface area contributed by atoms with Crippen molar-refractivity contribution in [1.29, 1.82) is 0 Å². The molecule has 1 N–H and O–H groups in total. The predicted octanol–water partition coefficient (Wildman–Crippen LogP) is 2.78. The van der Waals surface area contributed by atoms with E-state index in [1.165, 1.54) is 4.31 Å². The van der Waals surface area contributed by atoms with E-state index in [2.05, 4.69) is 19.2 Å². The Bertz CT molecular complexity index is 656. The highest BCUT2D eigenvalue weighted by molar-refractivity contribution is 7.93. The molecule has 0 spiro atoms. The second kappa shape index (κ2) is 7.34. The van der Waals surface area contributed by atoms with Gasteiger partial charge in [0.2, 0.25) is 10.0 Å². The summed E-state index contributed by atoms with van der Waals surface area (Å²) in [5.74, 6) is 0.633. The van der Waals surface area contributed by atoms with Crippen LogP contribution in [0.3, 0.4) is 0 Å². The molecule has 1 heterocycles. The number of sulfonamides is 1. The zero-order chi connectivity index (χ0) is 17.0. The van der Waals surface area contributed by atoms with Crippen LogP contribution >= 0.6 is 0 Å². The second-order valence-corrected chi connectivity index (χ2v) is 8.65. The van der Waals surface area contributed by atoms with Crippen molar-refractivity contribution >= 4 is 21.6 Å². The van der Waals surface area contributed by atoms with Crippen LogP contribution in [0.15, 0.2) is 24.3 Å². The van der Waals surface area contributed by atoms with E-state index in [1.807, 2.05) is 6.92 Å². The predicted molar refractivity (Wildman–Crippen MR) is 93.2 cm³/mol. The molecular formula is C17H26N2O3S. The van der Waals surface area contributed by atoms with E-state index >= 15 is 0 Å². The van der Waals surface area contributed by atoms with Crippen molar-refractivity contribution in [2.45, 2.75) is 46.1 Å². The van der Waals surface area contributed by atoms with Gasteiger partial charge in [0.1, 0.15) is 0 Å². The van der Waals surface area contributed by atoms with Gasteiger partial charge in [-0.05, 0) is 50.3 Å². The molecule has 0 aromatic heterocycles. The Morgan fingerprint density at radius 1 is 1.26 bits per heavy atom. The maximum Gasteiger partial charge on any atom is 0.251 e. The lowest BCUT2D eigenvalue weighted by molar-refractivity contribution is 0.0937. The first kappa shape index (κ1) is 17.8. The molecule has 5 nitrogen and oxygen atoms in total. The molecule has 2 rings (SSSR count). The van der Waals surface area contributed by atoms with E-state index < -0.39 is 10.0 Å². The molecule has 0 saturated carbocycles. The number of rotatable bonds is 6. The first-order chi connectivity index (χ1) is 10.8. The van der Waals surface area contributed by atoms with Crippen LogP contribution in [-0.2, 0) is 10.0 Å². The summed E-state index contributed by atoms with van der Waals surface area (Å²) in [6, 6.07) is 6.95. The third kappa shape index (κ3) is 4.70. The molecule has 0 radical (unpaired) electrons. The Morgan fingerprint density at radius 2 is 2.00 bits per heavy atom. The number of anilines is 1. The zero-order valence-electron chi connectivity index (χ0n) is 14.1. The minimum absolute atomic E-state index is 0.101. The number of carbonyl (C=O) groups is 1. The highest BCUT2D eigenvalue weighted by Crippen LogP contribution is 2.24. The highest BCUT2D eigenvalue weighted by atomic mass is 32.2. The summed E-state index contributed by atoms with van der Waals surface area (Å²) < 4.78 is 25.4. The van der Waals surface area contributed by atoms with Crippen LogP contribution in [0.2, 0.25) is 0 Å². The van der Waals surface area contributed by atoms with Gasteiger partial charge in [0.25, 0.3) is 5.91 Å². The molecule has 1 aromatic rings. The Labute approximate surface area is 139 Å². The van der Waals surface area contributed by atoms with Crippen molar-refractivity contribution in [3.05, 3.63) is 29.8 Å². The molecule has 6 heteroatoms. The summed E-state index contributed by atoms with van der Waals surface area (Å²) >= 11 is 0. The number of nitrogens with one attached hydrogen (secondary N) is 1. The van der Waals surface area contributed by atoms with Gasteiger partial charge in [-0.1, -0.05) is 19.9 Å². The standard InChI is InChI=1S/C17H26N2O3S/c1-13(2)8-9-14(3)18-17(20)15-6-4-7-16(12-15)19-10-5-11-23(19,21)22/h4,6-7,12-14H,5,8-11H2,1-3H3,(H,18,20). The maximum absolute atomic E-state index is 12.3. The molecule has 1 fully saturated rings. The van der Waals surface area contributed by atoms with Crippen LogP contribution in [0.5, 0.6) is 0 Å². The van der Waals surface area contributed by atoms with E-state index in [0.29, 0.717) is 30.1 Å². The summed E-state index contributed by atoms with van der Waals surface area (Å²) in [5, 5.41) is 2.98. The van der Waals surface area contributed by atoms with Crippen LogP contribution in [0.25, 0.3) is 0 Å². The largest absolute Gasteiger partial charge is 0.350 e. The lowest BCUT2D eigenvalue weighted by Gasteiger charge is -2.18. The Balaban J connectivity index is 2.06. The molecule has 0 bridgehead atoms. The Hall–Kier alpha value is -1.56. The SMILES string of the molecule is CC(C)CCC(C)NC(=O)c1cccc(N2CCCS2(=O)=O)c1. The molecule has 1 unspecified atom stereocenters. The van der Waals surface area contributed by atoms with Crippen LogP contribution in [0.4, 0.5) is 5.69 Å². The maximum atomic E-state index is 12.3. The van der Waals surface area contributed by atoms with Gasteiger partial charge in [-0.2, -0.15) is 0 Å². The number of amides is 1. The molecule has 1 amide bonds. The van der Waals surface area contributed by atoms with E-state index in [1.54, 1.807) is 24.3 Å². The minimum Gasteiger partial charge on any atom is -0.350 e. The summed E-state index contributed by atoms with van der Waals surface area (Å²) in [4.78, 5) is 12.3. The van der Waals surface area contributed by atoms with Crippen LogP contribution in [0, 0.1) is 5.92 Å². The van der Waals surface area contributed by atoms with Gasteiger partial charge in [-0.3, -0.25) is 9.10 Å². The first-order valence-electron chi connectivity index (χ1n) is 8.21. The zero-order valence-corrected chi connectivity index (χ0v) is 14.9. The third-order valence-electron chi connectivity index (χ3n) is 4.05. The second-order valence-electron chi connectivity index (χ2n) is 6.64. The van der Waals surface area contributed by atoms with Gasteiger partial charge in [-0.25, -0.2) is 8.42 Å². The first-order valence-corrected chi connectivity index (χ1v) is 9.82. The highest BCUT2D eigenvalue weighted by Gasteiger charge is 2.28. The molecule has 1 aromatic carbocycles. The molecule has 1 atom stereocenters. The van der Waals surface area contributed by atoms with Crippen molar-refractivity contribution in [3.63, 3.8) is 0 Å². The molecule has 128 valence electrons. The van der Waals surface area contributed by atoms with E-state index in [9.17, 15) is 13.2 Å². The number of nitrogens with zero attached hydrogens (tertiary/aromatic N) is 1. The Morgan fingerprint density at radius 3 is 2.61 bits per heavy atom. The van der Waals surface area contributed by atoms with Gasteiger partial charge in [-0.15, -0.1) is 0 Å². The number of carbonyl (C=O) groups excluding carboxylic acids is 1. The molecule has 1 aliphatic heterocycles. The van der Waals surface area contributed by atoms with Crippen molar-refractivity contribution in [1.82, 2.24) is 5.32 Å². The van der Waals surface area contributed by atoms with Crippen molar-refractivity contribution < 1.29 is 13.2 Å². The third-order valence-corrected chi connectivity index (χ3v) is 5.92. The smallest absolute Gasteiger partial charge is 0.251 e. The van der Waals surface area contributed by atoms with Gasteiger partial charge >= 0.3 is 0 Å². The lowest BCUT2D eigenvalue weighted by Crippen LogP contribution is -2.33. The number of hydrogen-bond acceptors (Lipinski definition) is 3. The molecule has 0 aliphatic carbocycles. The summed E-state index contributed by atoms with van der Waals surface area (Å²) in [5.41, 5.74) is 1.07. The van der Waals surface area contributed by atoms with E-state index in [-0.39, 0.29) is 17.7 Å². The quantitative estimate of drug-likeness (QED) is 0.867. The minimum atomic E-state index is -3.22. The van der Waals surface area contributed by atoms with Crippen LogP contribution in [-0.4, -0.2) is 32.7 Å². The fourth-order valence-electron chi connectivity index (χ4n) is 2.69. The summed E-state index contributed by atoms with van der Waals surface area (Å²) in [7, 11) is -3.22. The van der Waals surface area contributed by atoms with E-state index in [0.717, 1.165) is 12.8 Å². The number of hydrogen-bond donors (Lipinski definition) is 1. The topological polar surface area (TPSA) is 66.5 Å². The van der Waals surface area contributed by atoms with Crippen LogP contribution < -0.4 is 9.62 Å². The normalized spacial score (nSPS) is 18.2. The van der Waals surface area contributed by atoms with Gasteiger partial charge in [0, 0.05) is 18.2 Å². The molecule has 1 aliphatic rings. The summed E-state index contributed by atoms with van der Waals surface area (Å²) in [6.07, 6.45) is 2.63. The van der Waals surface area contributed by atoms with Gasteiger partial charge in [0.05, 0.1) is 11.4 Å². The average Bonchev–Trinajstić information content (AvgIpc) is 2.84. The van der Waals surface area contributed by atoms with Crippen molar-refractivity contribution in [2.75, 3.05) is 16.6 Å². The fourth-order valence-corrected chi connectivity index (χ4v) is 4.25. The molecule has 1 saturated heterocycles. The van der Waals surface area contributed by atoms with Gasteiger partial charge < -0.3 is 5.32 Å². The van der Waals surface area contributed by atoms with Crippen LogP contribution in [0.1, 0.15) is 50.4 Å².